The maximum absolute atomic E-state index is 9.13. The molecule has 0 aromatic heterocycles. The molecule has 1 rings (SSSR count). The number of morpholine rings is 1. The number of hydrogen-bond donors (Lipinski definition) is 1. The van der Waals surface area contributed by atoms with Crippen molar-refractivity contribution in [3.8, 4) is 0 Å². The minimum atomic E-state index is 0.257. The molecule has 1 fully saturated rings. The molecule has 4 heteroatoms. The Morgan fingerprint density at radius 1 is 1.11 bits per heavy atom. The molecule has 0 amide bonds. The van der Waals surface area contributed by atoms with E-state index < -0.39 is 0 Å². The molecule has 1 heterocycles. The molecule has 0 spiro atoms. The van der Waals surface area contributed by atoms with Gasteiger partial charge in [0.25, 0.3) is 0 Å². The number of hydrogen-bond acceptors (Lipinski definition) is 4. The van der Waals surface area contributed by atoms with Crippen LogP contribution >= 0.6 is 0 Å². The van der Waals surface area contributed by atoms with E-state index in [2.05, 4.69) is 30.6 Å². The van der Waals surface area contributed by atoms with Crippen LogP contribution in [0.2, 0.25) is 0 Å². The highest BCUT2D eigenvalue weighted by Crippen LogP contribution is 2.18. The van der Waals surface area contributed by atoms with E-state index in [-0.39, 0.29) is 6.61 Å². The molecule has 108 valence electrons. The molecule has 0 aromatic rings. The third-order valence-electron chi connectivity index (χ3n) is 3.43. The molecule has 18 heavy (non-hydrogen) atoms. The predicted octanol–water partition coefficient (Wildman–Crippen LogP) is 1.05. The second-order valence-electron chi connectivity index (χ2n) is 6.33. The van der Waals surface area contributed by atoms with Crippen LogP contribution in [0.15, 0.2) is 0 Å². The van der Waals surface area contributed by atoms with Gasteiger partial charge < -0.3 is 9.84 Å². The van der Waals surface area contributed by atoms with Crippen LogP contribution in [0.5, 0.6) is 0 Å². The van der Waals surface area contributed by atoms with Gasteiger partial charge in [-0.1, -0.05) is 20.8 Å². The van der Waals surface area contributed by atoms with Crippen LogP contribution in [0.4, 0.5) is 0 Å². The van der Waals surface area contributed by atoms with Gasteiger partial charge in [-0.25, -0.2) is 0 Å². The van der Waals surface area contributed by atoms with Gasteiger partial charge in [0.1, 0.15) is 0 Å². The van der Waals surface area contributed by atoms with Crippen molar-refractivity contribution < 1.29 is 9.84 Å². The molecule has 0 bridgehead atoms. The molecule has 0 aromatic carbocycles. The van der Waals surface area contributed by atoms with Crippen molar-refractivity contribution in [1.82, 2.24) is 9.80 Å². The Bertz CT molecular complexity index is 210. The van der Waals surface area contributed by atoms with Gasteiger partial charge in [0.05, 0.1) is 19.8 Å². The summed E-state index contributed by atoms with van der Waals surface area (Å²) in [6, 6.07) is 0. The van der Waals surface area contributed by atoms with Crippen molar-refractivity contribution in [1.29, 1.82) is 0 Å². The van der Waals surface area contributed by atoms with Crippen LogP contribution in [0.1, 0.15) is 27.2 Å². The first-order valence-corrected chi connectivity index (χ1v) is 7.14. The lowest BCUT2D eigenvalue weighted by molar-refractivity contribution is 0.0319. The quantitative estimate of drug-likeness (QED) is 0.740. The summed E-state index contributed by atoms with van der Waals surface area (Å²) in [6.45, 7) is 14.9. The topological polar surface area (TPSA) is 35.9 Å². The first kappa shape index (κ1) is 15.9. The summed E-state index contributed by atoms with van der Waals surface area (Å²) >= 11 is 0. The third kappa shape index (κ3) is 7.31. The van der Waals surface area contributed by atoms with Crippen LogP contribution in [0.3, 0.4) is 0 Å². The molecule has 1 saturated heterocycles. The van der Waals surface area contributed by atoms with Gasteiger partial charge in [-0.05, 0) is 18.4 Å². The summed E-state index contributed by atoms with van der Waals surface area (Å²) in [5.74, 6) is 0. The van der Waals surface area contributed by atoms with E-state index in [4.69, 9.17) is 9.84 Å². The molecular weight excluding hydrogens is 228 g/mol. The van der Waals surface area contributed by atoms with Crippen molar-refractivity contribution >= 4 is 0 Å². The van der Waals surface area contributed by atoms with E-state index in [1.54, 1.807) is 0 Å². The van der Waals surface area contributed by atoms with E-state index in [9.17, 15) is 0 Å². The van der Waals surface area contributed by atoms with E-state index in [1.807, 2.05) is 0 Å². The highest BCUT2D eigenvalue weighted by molar-refractivity contribution is 4.69. The zero-order valence-electron chi connectivity index (χ0n) is 12.3. The lowest BCUT2D eigenvalue weighted by Gasteiger charge is -2.31. The average molecular weight is 258 g/mol. The summed E-state index contributed by atoms with van der Waals surface area (Å²) in [7, 11) is 0. The summed E-state index contributed by atoms with van der Waals surface area (Å²) in [5, 5.41) is 9.13. The Labute approximate surface area is 112 Å². The van der Waals surface area contributed by atoms with Gasteiger partial charge in [0.15, 0.2) is 0 Å². The number of ether oxygens (including phenoxy) is 1. The molecule has 1 aliphatic heterocycles. The van der Waals surface area contributed by atoms with Crippen molar-refractivity contribution in [3.63, 3.8) is 0 Å². The van der Waals surface area contributed by atoms with Crippen molar-refractivity contribution in [2.75, 3.05) is 59.1 Å². The fourth-order valence-corrected chi connectivity index (χ4v) is 2.08. The molecule has 4 nitrogen and oxygen atoms in total. The lowest BCUT2D eigenvalue weighted by atomic mass is 9.92. The van der Waals surface area contributed by atoms with Gasteiger partial charge in [-0.15, -0.1) is 0 Å². The largest absolute Gasteiger partial charge is 0.395 e. The van der Waals surface area contributed by atoms with Crippen molar-refractivity contribution in [3.05, 3.63) is 0 Å². The summed E-state index contributed by atoms with van der Waals surface area (Å²) < 4.78 is 5.35. The maximum Gasteiger partial charge on any atom is 0.0594 e. The highest BCUT2D eigenvalue weighted by Gasteiger charge is 2.15. The lowest BCUT2D eigenvalue weighted by Crippen LogP contribution is -2.42. The number of rotatable bonds is 7. The maximum atomic E-state index is 9.13. The standard InChI is InChI=1S/C14H30N2O2/c1-14(2,3)4-5-15(8-11-17)6-7-16-9-12-18-13-10-16/h17H,4-13H2,1-3H3. The van der Waals surface area contributed by atoms with Gasteiger partial charge in [0.2, 0.25) is 0 Å². The molecule has 1 aliphatic rings. The second kappa shape index (κ2) is 8.10. The van der Waals surface area contributed by atoms with Crippen LogP contribution < -0.4 is 0 Å². The first-order valence-electron chi connectivity index (χ1n) is 7.14. The van der Waals surface area contributed by atoms with Crippen LogP contribution in [0, 0.1) is 5.41 Å². The fraction of sp³-hybridized carbons (Fsp3) is 1.00. The predicted molar refractivity (Wildman–Crippen MR) is 74.9 cm³/mol. The number of aliphatic hydroxyl groups is 1. The molecule has 0 aliphatic carbocycles. The highest BCUT2D eigenvalue weighted by atomic mass is 16.5. The normalized spacial score (nSPS) is 18.5. The minimum Gasteiger partial charge on any atom is -0.395 e. The van der Waals surface area contributed by atoms with Crippen molar-refractivity contribution in [2.24, 2.45) is 5.41 Å². The zero-order valence-corrected chi connectivity index (χ0v) is 12.3. The Kier molecular flexibility index (Phi) is 7.15. The van der Waals surface area contributed by atoms with E-state index >= 15 is 0 Å². The van der Waals surface area contributed by atoms with Gasteiger partial charge in [0, 0.05) is 32.7 Å². The average Bonchev–Trinajstić information content (AvgIpc) is 2.33. The molecule has 0 saturated carbocycles. The minimum absolute atomic E-state index is 0.257. The Morgan fingerprint density at radius 2 is 1.78 bits per heavy atom. The summed E-state index contributed by atoms with van der Waals surface area (Å²) in [4.78, 5) is 4.83. The Hall–Kier alpha value is -0.160. The molecule has 0 radical (unpaired) electrons. The van der Waals surface area contributed by atoms with Crippen LogP contribution in [-0.4, -0.2) is 74.0 Å². The monoisotopic (exact) mass is 258 g/mol. The smallest absolute Gasteiger partial charge is 0.0594 e. The van der Waals surface area contributed by atoms with Gasteiger partial charge >= 0.3 is 0 Å². The third-order valence-corrected chi connectivity index (χ3v) is 3.43. The van der Waals surface area contributed by atoms with E-state index in [0.29, 0.717) is 5.41 Å². The van der Waals surface area contributed by atoms with Crippen LogP contribution in [-0.2, 0) is 4.74 Å². The van der Waals surface area contributed by atoms with Crippen molar-refractivity contribution in [2.45, 2.75) is 27.2 Å². The SMILES string of the molecule is CC(C)(C)CCN(CCO)CCN1CCOCC1. The Morgan fingerprint density at radius 3 is 2.33 bits per heavy atom. The molecule has 0 unspecified atom stereocenters. The number of nitrogens with zero attached hydrogens (tertiary/aromatic N) is 2. The molecular formula is C14H30N2O2. The second-order valence-corrected chi connectivity index (χ2v) is 6.33. The summed E-state index contributed by atoms with van der Waals surface area (Å²) in [6.07, 6.45) is 1.18. The summed E-state index contributed by atoms with van der Waals surface area (Å²) in [5.41, 5.74) is 0.368. The van der Waals surface area contributed by atoms with Crippen LogP contribution in [0.25, 0.3) is 0 Å². The molecule has 1 N–H and O–H groups in total. The Balaban J connectivity index is 2.23. The number of aliphatic hydroxyl groups excluding tert-OH is 1. The first-order chi connectivity index (χ1) is 8.51. The van der Waals surface area contributed by atoms with Gasteiger partial charge in [-0.2, -0.15) is 0 Å². The zero-order chi connectivity index (χ0) is 13.4. The fourth-order valence-electron chi connectivity index (χ4n) is 2.08. The van der Waals surface area contributed by atoms with Gasteiger partial charge in [-0.3, -0.25) is 9.80 Å². The molecule has 0 atom stereocenters. The van der Waals surface area contributed by atoms with E-state index in [0.717, 1.165) is 52.5 Å². The van der Waals surface area contributed by atoms with E-state index in [1.165, 1.54) is 6.42 Å².